The molecule has 94 valence electrons. The Morgan fingerprint density at radius 1 is 0.895 bits per heavy atom. The van der Waals surface area contributed by atoms with Crippen LogP contribution in [0.4, 0.5) is 5.95 Å². The minimum absolute atomic E-state index is 0.319. The first-order valence-corrected chi connectivity index (χ1v) is 6.25. The van der Waals surface area contributed by atoms with E-state index in [0.29, 0.717) is 5.95 Å². The number of nitrogens with two attached hydrogens (primary N) is 1. The molecule has 19 heavy (non-hydrogen) atoms. The fourth-order valence-corrected chi connectivity index (χ4v) is 2.40. The molecule has 1 aromatic heterocycles. The number of rotatable bonds is 1. The number of hydrogen-bond donors (Lipinski definition) is 1. The van der Waals surface area contributed by atoms with E-state index >= 15 is 0 Å². The van der Waals surface area contributed by atoms with Gasteiger partial charge in [-0.2, -0.15) is 0 Å². The number of aromatic nitrogens is 2. The summed E-state index contributed by atoms with van der Waals surface area (Å²) in [5, 5.41) is 2.44. The van der Waals surface area contributed by atoms with Gasteiger partial charge >= 0.3 is 0 Å². The van der Waals surface area contributed by atoms with Crippen molar-refractivity contribution in [2.24, 2.45) is 0 Å². The second-order valence-corrected chi connectivity index (χ2v) is 4.73. The molecule has 0 radical (unpaired) electrons. The Morgan fingerprint density at radius 2 is 1.63 bits per heavy atom. The monoisotopic (exact) mass is 249 g/mol. The molecule has 0 saturated heterocycles. The average molecular weight is 249 g/mol. The highest BCUT2D eigenvalue weighted by molar-refractivity contribution is 5.97. The first-order chi connectivity index (χ1) is 9.15. The van der Waals surface area contributed by atoms with Gasteiger partial charge in [-0.3, -0.25) is 0 Å². The Morgan fingerprint density at radius 3 is 2.37 bits per heavy atom. The van der Waals surface area contributed by atoms with E-state index < -0.39 is 0 Å². The van der Waals surface area contributed by atoms with Gasteiger partial charge in [-0.1, -0.05) is 36.4 Å². The predicted molar refractivity (Wildman–Crippen MR) is 78.9 cm³/mol. The van der Waals surface area contributed by atoms with E-state index in [4.69, 9.17) is 5.73 Å². The third kappa shape index (κ3) is 2.03. The number of benzene rings is 2. The van der Waals surface area contributed by atoms with Gasteiger partial charge < -0.3 is 5.73 Å². The smallest absolute Gasteiger partial charge is 0.220 e. The van der Waals surface area contributed by atoms with E-state index in [1.54, 1.807) is 0 Å². The molecule has 0 amide bonds. The second kappa shape index (κ2) is 4.35. The summed E-state index contributed by atoms with van der Waals surface area (Å²) in [5.74, 6) is 0.319. The van der Waals surface area contributed by atoms with Crippen LogP contribution in [0.25, 0.3) is 22.0 Å². The Bertz CT molecular complexity index is 743. The SMILES string of the molecule is Cc1cc(-c2ccc(C)c3ccccc23)nc(N)n1. The molecule has 0 spiro atoms. The summed E-state index contributed by atoms with van der Waals surface area (Å²) < 4.78 is 0. The van der Waals surface area contributed by atoms with Crippen molar-refractivity contribution in [2.45, 2.75) is 13.8 Å². The summed E-state index contributed by atoms with van der Waals surface area (Å²) in [6, 6.07) is 14.5. The number of aryl methyl sites for hydroxylation is 2. The standard InChI is InChI=1S/C16H15N3/c1-10-7-8-14(13-6-4-3-5-12(10)13)15-9-11(2)18-16(17)19-15/h3-9H,1-2H3,(H2,17,18,19). The zero-order valence-electron chi connectivity index (χ0n) is 11.0. The molecule has 2 aromatic carbocycles. The van der Waals surface area contributed by atoms with Gasteiger partial charge in [-0.05, 0) is 36.2 Å². The van der Waals surface area contributed by atoms with Crippen LogP contribution in [0.1, 0.15) is 11.3 Å². The molecule has 0 saturated carbocycles. The van der Waals surface area contributed by atoms with Crippen LogP contribution < -0.4 is 5.73 Å². The second-order valence-electron chi connectivity index (χ2n) is 4.73. The first kappa shape index (κ1) is 11.7. The van der Waals surface area contributed by atoms with Gasteiger partial charge in [0.15, 0.2) is 0 Å². The van der Waals surface area contributed by atoms with Gasteiger partial charge in [0.25, 0.3) is 0 Å². The van der Waals surface area contributed by atoms with Crippen molar-refractivity contribution in [3.63, 3.8) is 0 Å². The van der Waals surface area contributed by atoms with Crippen LogP contribution in [0.3, 0.4) is 0 Å². The lowest BCUT2D eigenvalue weighted by Gasteiger charge is -2.09. The van der Waals surface area contributed by atoms with Crippen molar-refractivity contribution in [3.05, 3.63) is 53.7 Å². The number of hydrogen-bond acceptors (Lipinski definition) is 3. The third-order valence-electron chi connectivity index (χ3n) is 3.29. The van der Waals surface area contributed by atoms with Crippen LogP contribution in [0.2, 0.25) is 0 Å². The summed E-state index contributed by atoms with van der Waals surface area (Å²) >= 11 is 0. The number of nitrogens with zero attached hydrogens (tertiary/aromatic N) is 2. The van der Waals surface area contributed by atoms with Gasteiger partial charge in [0.1, 0.15) is 0 Å². The minimum Gasteiger partial charge on any atom is -0.368 e. The van der Waals surface area contributed by atoms with E-state index in [-0.39, 0.29) is 0 Å². The van der Waals surface area contributed by atoms with Crippen LogP contribution >= 0.6 is 0 Å². The summed E-state index contributed by atoms with van der Waals surface area (Å²) in [6.07, 6.45) is 0. The highest BCUT2D eigenvalue weighted by Crippen LogP contribution is 2.29. The van der Waals surface area contributed by atoms with Gasteiger partial charge in [-0.25, -0.2) is 9.97 Å². The topological polar surface area (TPSA) is 51.8 Å². The lowest BCUT2D eigenvalue weighted by Crippen LogP contribution is -1.98. The summed E-state index contributed by atoms with van der Waals surface area (Å²) in [4.78, 5) is 8.47. The molecule has 3 rings (SSSR count). The maximum Gasteiger partial charge on any atom is 0.220 e. The zero-order valence-corrected chi connectivity index (χ0v) is 11.0. The lowest BCUT2D eigenvalue weighted by atomic mass is 9.98. The van der Waals surface area contributed by atoms with Crippen molar-refractivity contribution >= 4 is 16.7 Å². The number of fused-ring (bicyclic) bond motifs is 1. The van der Waals surface area contributed by atoms with Crippen molar-refractivity contribution in [1.29, 1.82) is 0 Å². The van der Waals surface area contributed by atoms with Crippen LogP contribution in [0.5, 0.6) is 0 Å². The van der Waals surface area contributed by atoms with E-state index in [9.17, 15) is 0 Å². The van der Waals surface area contributed by atoms with E-state index in [0.717, 1.165) is 17.0 Å². The summed E-state index contributed by atoms with van der Waals surface area (Å²) in [5.41, 5.74) is 9.86. The Balaban J connectivity index is 2.34. The van der Waals surface area contributed by atoms with Crippen LogP contribution in [-0.4, -0.2) is 9.97 Å². The van der Waals surface area contributed by atoms with Crippen molar-refractivity contribution < 1.29 is 0 Å². The van der Waals surface area contributed by atoms with Crippen molar-refractivity contribution in [1.82, 2.24) is 9.97 Å². The summed E-state index contributed by atoms with van der Waals surface area (Å²) in [6.45, 7) is 4.05. The average Bonchev–Trinajstić information content (AvgIpc) is 2.38. The molecule has 1 heterocycles. The Hall–Kier alpha value is -2.42. The Labute approximate surface area is 112 Å². The molecule has 3 aromatic rings. The first-order valence-electron chi connectivity index (χ1n) is 6.25. The largest absolute Gasteiger partial charge is 0.368 e. The molecule has 0 unspecified atom stereocenters. The van der Waals surface area contributed by atoms with Crippen LogP contribution in [0, 0.1) is 13.8 Å². The third-order valence-corrected chi connectivity index (χ3v) is 3.29. The lowest BCUT2D eigenvalue weighted by molar-refractivity contribution is 1.12. The maximum absolute atomic E-state index is 5.75. The molecule has 0 bridgehead atoms. The van der Waals surface area contributed by atoms with Gasteiger partial charge in [0.05, 0.1) is 5.69 Å². The normalized spacial score (nSPS) is 10.8. The van der Waals surface area contributed by atoms with Gasteiger partial charge in [-0.15, -0.1) is 0 Å². The molecule has 3 heteroatoms. The molecule has 0 atom stereocenters. The van der Waals surface area contributed by atoms with Gasteiger partial charge in [0.2, 0.25) is 5.95 Å². The van der Waals surface area contributed by atoms with E-state index in [1.807, 2.05) is 19.1 Å². The molecule has 0 aliphatic rings. The molecular weight excluding hydrogens is 234 g/mol. The van der Waals surface area contributed by atoms with Crippen molar-refractivity contribution in [2.75, 3.05) is 5.73 Å². The van der Waals surface area contributed by atoms with Gasteiger partial charge in [0, 0.05) is 11.3 Å². The highest BCUT2D eigenvalue weighted by atomic mass is 15.0. The molecule has 0 aliphatic carbocycles. The fraction of sp³-hybridized carbons (Fsp3) is 0.125. The number of anilines is 1. The van der Waals surface area contributed by atoms with Crippen LogP contribution in [0.15, 0.2) is 42.5 Å². The van der Waals surface area contributed by atoms with Crippen molar-refractivity contribution in [3.8, 4) is 11.3 Å². The molecule has 2 N–H and O–H groups in total. The molecule has 3 nitrogen and oxygen atoms in total. The predicted octanol–water partition coefficient (Wildman–Crippen LogP) is 3.50. The molecular formula is C16H15N3. The number of nitrogen functional groups attached to an aromatic ring is 1. The van der Waals surface area contributed by atoms with E-state index in [1.165, 1.54) is 16.3 Å². The van der Waals surface area contributed by atoms with E-state index in [2.05, 4.69) is 47.2 Å². The molecule has 0 fully saturated rings. The minimum atomic E-state index is 0.319. The molecule has 0 aliphatic heterocycles. The Kier molecular flexibility index (Phi) is 2.67. The summed E-state index contributed by atoms with van der Waals surface area (Å²) in [7, 11) is 0. The van der Waals surface area contributed by atoms with Crippen LogP contribution in [-0.2, 0) is 0 Å². The zero-order chi connectivity index (χ0) is 13.4. The maximum atomic E-state index is 5.75. The fourth-order valence-electron chi connectivity index (χ4n) is 2.40. The highest BCUT2D eigenvalue weighted by Gasteiger charge is 2.08. The quantitative estimate of drug-likeness (QED) is 0.718.